The Morgan fingerprint density at radius 1 is 1.13 bits per heavy atom. The normalized spacial score (nSPS) is 10.8. The molecule has 0 saturated heterocycles. The number of nitriles is 2. The maximum atomic E-state index is 9.67. The van der Waals surface area contributed by atoms with Crippen molar-refractivity contribution in [3.8, 4) is 12.1 Å². The molecule has 6 heteroatoms. The molecule has 0 saturated carbocycles. The number of aliphatic hydroxyl groups is 1. The average Bonchev–Trinajstić information content (AvgIpc) is 2.87. The number of hydrogen-bond acceptors (Lipinski definition) is 4. The Morgan fingerprint density at radius 3 is 2.39 bits per heavy atom. The summed E-state index contributed by atoms with van der Waals surface area (Å²) in [6.07, 6.45) is 0.842. The molecule has 0 aliphatic carbocycles. The fraction of sp³-hybridized carbons (Fsp3) is 0.235. The average molecular weight is 305 g/mol. The number of aromatic nitrogens is 2. The quantitative estimate of drug-likeness (QED) is 0.768. The van der Waals surface area contributed by atoms with Crippen LogP contribution >= 0.6 is 0 Å². The van der Waals surface area contributed by atoms with E-state index in [-0.39, 0.29) is 17.7 Å². The number of nitrogens with zero attached hydrogens (tertiary/aromatic N) is 4. The van der Waals surface area contributed by atoms with Crippen molar-refractivity contribution in [1.82, 2.24) is 8.97 Å². The molecule has 23 heavy (non-hydrogen) atoms. The topological polar surface area (TPSA) is 101 Å². The fourth-order valence-electron chi connectivity index (χ4n) is 3.08. The van der Waals surface area contributed by atoms with Gasteiger partial charge in [0.25, 0.3) is 0 Å². The van der Waals surface area contributed by atoms with Crippen molar-refractivity contribution in [2.75, 3.05) is 6.61 Å². The molecular formula is C17H15N5O. The second-order valence-electron chi connectivity index (χ2n) is 5.33. The highest BCUT2D eigenvalue weighted by Crippen LogP contribution is 2.24. The molecular weight excluding hydrogens is 290 g/mol. The number of para-hydroxylation sites is 2. The predicted octanol–water partition coefficient (Wildman–Crippen LogP) is 1.58. The van der Waals surface area contributed by atoms with Crippen LogP contribution in [0.2, 0.25) is 0 Å². The number of pyridine rings is 1. The Morgan fingerprint density at radius 2 is 1.78 bits per heavy atom. The van der Waals surface area contributed by atoms with Crippen molar-refractivity contribution in [2.24, 2.45) is 7.05 Å². The summed E-state index contributed by atoms with van der Waals surface area (Å²) in [5, 5.41) is 36.7. The first-order valence-electron chi connectivity index (χ1n) is 7.26. The van der Waals surface area contributed by atoms with Crippen molar-refractivity contribution in [2.45, 2.75) is 12.8 Å². The van der Waals surface area contributed by atoms with E-state index in [1.807, 2.05) is 35.9 Å². The molecule has 0 aliphatic rings. The van der Waals surface area contributed by atoms with Gasteiger partial charge >= 0.3 is 0 Å². The Kier molecular flexibility index (Phi) is 3.61. The van der Waals surface area contributed by atoms with Crippen LogP contribution in [0.4, 0.5) is 0 Å². The molecule has 2 aromatic heterocycles. The lowest BCUT2D eigenvalue weighted by Crippen LogP contribution is -2.21. The third-order valence-electron chi connectivity index (χ3n) is 4.11. The fourth-order valence-corrected chi connectivity index (χ4v) is 3.08. The van der Waals surface area contributed by atoms with E-state index in [0.717, 1.165) is 11.0 Å². The lowest BCUT2D eigenvalue weighted by molar-refractivity contribution is 0.288. The Bertz CT molecular complexity index is 1060. The van der Waals surface area contributed by atoms with Gasteiger partial charge in [0.15, 0.2) is 0 Å². The molecule has 0 spiro atoms. The first-order valence-corrected chi connectivity index (χ1v) is 7.26. The van der Waals surface area contributed by atoms with E-state index in [4.69, 9.17) is 10.5 Å². The van der Waals surface area contributed by atoms with E-state index in [0.29, 0.717) is 29.6 Å². The van der Waals surface area contributed by atoms with E-state index in [1.54, 1.807) is 4.40 Å². The summed E-state index contributed by atoms with van der Waals surface area (Å²) in [6.45, 7) is -0.0244. The number of hydrogen-bond donors (Lipinski definition) is 2. The van der Waals surface area contributed by atoms with Gasteiger partial charge in [-0.3, -0.25) is 9.81 Å². The maximum Gasteiger partial charge on any atom is 0.149 e. The molecule has 3 rings (SSSR count). The van der Waals surface area contributed by atoms with Crippen LogP contribution in [0, 0.1) is 28.1 Å². The van der Waals surface area contributed by atoms with Crippen LogP contribution in [-0.2, 0) is 13.5 Å². The summed E-state index contributed by atoms with van der Waals surface area (Å²) >= 11 is 0. The number of nitrogens with one attached hydrogen (secondary N) is 1. The highest BCUT2D eigenvalue weighted by atomic mass is 16.2. The summed E-state index contributed by atoms with van der Waals surface area (Å²) in [5.41, 5.74) is 3.49. The molecule has 6 nitrogen and oxygen atoms in total. The molecule has 0 fully saturated rings. The first-order chi connectivity index (χ1) is 11.2. The summed E-state index contributed by atoms with van der Waals surface area (Å²) in [7, 11) is 1.85. The Labute approximate surface area is 132 Å². The maximum absolute atomic E-state index is 9.67. The Hall–Kier alpha value is -3.09. The minimum absolute atomic E-state index is 0.0244. The number of rotatable bonds is 3. The number of aliphatic hydroxyl groups excluding tert-OH is 1. The summed E-state index contributed by atoms with van der Waals surface area (Å²) in [5.74, 6) is 0. The monoisotopic (exact) mass is 305 g/mol. The van der Waals surface area contributed by atoms with Crippen LogP contribution in [-0.4, -0.2) is 20.7 Å². The molecule has 2 heterocycles. The van der Waals surface area contributed by atoms with E-state index in [2.05, 4.69) is 12.1 Å². The van der Waals surface area contributed by atoms with Crippen molar-refractivity contribution < 1.29 is 5.11 Å². The Balaban J connectivity index is 2.60. The second-order valence-corrected chi connectivity index (χ2v) is 5.33. The van der Waals surface area contributed by atoms with Crippen molar-refractivity contribution in [3.05, 3.63) is 46.4 Å². The third kappa shape index (κ3) is 2.01. The van der Waals surface area contributed by atoms with E-state index < -0.39 is 0 Å². The molecule has 1 aromatic carbocycles. The minimum Gasteiger partial charge on any atom is -0.396 e. The molecule has 3 aromatic rings. The van der Waals surface area contributed by atoms with Gasteiger partial charge in [-0.25, -0.2) is 0 Å². The highest BCUT2D eigenvalue weighted by molar-refractivity contribution is 5.84. The van der Waals surface area contributed by atoms with Gasteiger partial charge in [0.05, 0.1) is 22.2 Å². The van der Waals surface area contributed by atoms with Crippen molar-refractivity contribution in [1.29, 1.82) is 15.9 Å². The molecule has 0 radical (unpaired) electrons. The van der Waals surface area contributed by atoms with Crippen molar-refractivity contribution in [3.63, 3.8) is 0 Å². The summed E-state index contributed by atoms with van der Waals surface area (Å²) in [6, 6.07) is 11.8. The molecule has 0 aliphatic heterocycles. The van der Waals surface area contributed by atoms with Crippen LogP contribution in [0.3, 0.4) is 0 Å². The van der Waals surface area contributed by atoms with Gasteiger partial charge in [0.1, 0.15) is 23.3 Å². The lowest BCUT2D eigenvalue weighted by Gasteiger charge is -2.10. The lowest BCUT2D eigenvalue weighted by atomic mass is 10.00. The number of fused-ring (bicyclic) bond motifs is 3. The zero-order valence-corrected chi connectivity index (χ0v) is 12.7. The summed E-state index contributed by atoms with van der Waals surface area (Å²) < 4.78 is 3.52. The minimum atomic E-state index is -0.0244. The van der Waals surface area contributed by atoms with Gasteiger partial charge in [0.2, 0.25) is 0 Å². The number of aryl methyl sites for hydroxylation is 1. The SMILES string of the molecule is Cn1c2ccccc2n2c(=N)c(C#N)c(CCCO)c(C#N)c12. The zero-order chi connectivity index (χ0) is 16.6. The second kappa shape index (κ2) is 5.60. The third-order valence-corrected chi connectivity index (χ3v) is 4.11. The first kappa shape index (κ1) is 14.8. The van der Waals surface area contributed by atoms with Gasteiger partial charge in [0, 0.05) is 13.7 Å². The number of imidazole rings is 1. The van der Waals surface area contributed by atoms with E-state index in [1.165, 1.54) is 0 Å². The standard InChI is InChI=1S/C17H15N5O/c1-21-14-6-2-3-7-15(14)22-16(20)12(9-18)11(5-4-8-23)13(10-19)17(21)22/h2-3,6-7,20,23H,4-5,8H2,1H3. The largest absolute Gasteiger partial charge is 0.396 e. The number of benzene rings is 1. The molecule has 0 bridgehead atoms. The van der Waals surface area contributed by atoms with Gasteiger partial charge < -0.3 is 9.67 Å². The smallest absolute Gasteiger partial charge is 0.149 e. The van der Waals surface area contributed by atoms with E-state index >= 15 is 0 Å². The van der Waals surface area contributed by atoms with E-state index in [9.17, 15) is 10.5 Å². The van der Waals surface area contributed by atoms with Crippen LogP contribution in [0.1, 0.15) is 23.1 Å². The van der Waals surface area contributed by atoms with Crippen LogP contribution < -0.4 is 5.49 Å². The summed E-state index contributed by atoms with van der Waals surface area (Å²) in [4.78, 5) is 0. The van der Waals surface area contributed by atoms with Crippen LogP contribution in [0.5, 0.6) is 0 Å². The zero-order valence-electron chi connectivity index (χ0n) is 12.7. The molecule has 0 atom stereocenters. The molecule has 0 amide bonds. The van der Waals surface area contributed by atoms with Gasteiger partial charge in [-0.1, -0.05) is 12.1 Å². The van der Waals surface area contributed by atoms with Gasteiger partial charge in [-0.05, 0) is 30.5 Å². The molecule has 0 unspecified atom stereocenters. The predicted molar refractivity (Wildman–Crippen MR) is 84.6 cm³/mol. The van der Waals surface area contributed by atoms with Gasteiger partial charge in [-0.2, -0.15) is 10.5 Å². The van der Waals surface area contributed by atoms with Crippen LogP contribution in [0.25, 0.3) is 16.7 Å². The molecule has 2 N–H and O–H groups in total. The van der Waals surface area contributed by atoms with Crippen LogP contribution in [0.15, 0.2) is 24.3 Å². The molecule has 114 valence electrons. The highest BCUT2D eigenvalue weighted by Gasteiger charge is 2.20. The van der Waals surface area contributed by atoms with Gasteiger partial charge in [-0.15, -0.1) is 0 Å². The van der Waals surface area contributed by atoms with Crippen molar-refractivity contribution >= 4 is 16.7 Å².